The highest BCUT2D eigenvalue weighted by Crippen LogP contribution is 2.30. The van der Waals surface area contributed by atoms with Gasteiger partial charge in [-0.3, -0.25) is 0 Å². The molecule has 100 valence electrons. The predicted molar refractivity (Wildman–Crippen MR) is 75.0 cm³/mol. The summed E-state index contributed by atoms with van der Waals surface area (Å²) < 4.78 is 18.8. The van der Waals surface area contributed by atoms with Crippen LogP contribution < -0.4 is 10.5 Å². The van der Waals surface area contributed by atoms with E-state index >= 15 is 0 Å². The first-order valence-electron chi connectivity index (χ1n) is 5.99. The maximum atomic E-state index is 13.0. The number of halogens is 2. The van der Waals surface area contributed by atoms with Gasteiger partial charge in [-0.15, -0.1) is 0 Å². The fourth-order valence-corrected chi connectivity index (χ4v) is 2.12. The Kier molecular flexibility index (Phi) is 4.40. The summed E-state index contributed by atoms with van der Waals surface area (Å²) in [5.74, 6) is 0.0410. The van der Waals surface area contributed by atoms with Crippen molar-refractivity contribution in [2.75, 3.05) is 6.54 Å². The third kappa shape index (κ3) is 3.25. The molecule has 0 amide bonds. The number of ether oxygens (including phenoxy) is 1. The van der Waals surface area contributed by atoms with E-state index in [-0.39, 0.29) is 11.1 Å². The minimum absolute atomic E-state index is 0.243. The molecule has 2 nitrogen and oxygen atoms in total. The Labute approximate surface area is 117 Å². The maximum absolute atomic E-state index is 13.0. The number of hydrogen-bond donors (Lipinski definition) is 1. The zero-order valence-electron chi connectivity index (χ0n) is 10.6. The first-order chi connectivity index (χ1) is 9.11. The molecule has 0 fully saturated rings. The molecule has 2 N–H and O–H groups in total. The molecular formula is C15H15ClFNO. The van der Waals surface area contributed by atoms with Gasteiger partial charge in [0.05, 0.1) is 5.02 Å². The molecule has 2 aromatic rings. The summed E-state index contributed by atoms with van der Waals surface area (Å²) >= 11 is 5.95. The lowest BCUT2D eigenvalue weighted by Crippen LogP contribution is -2.19. The van der Waals surface area contributed by atoms with Gasteiger partial charge in [-0.2, -0.15) is 0 Å². The van der Waals surface area contributed by atoms with Crippen LogP contribution in [0.15, 0.2) is 42.5 Å². The van der Waals surface area contributed by atoms with Gasteiger partial charge in [-0.1, -0.05) is 35.9 Å². The molecule has 0 heterocycles. The summed E-state index contributed by atoms with van der Waals surface area (Å²) in [6, 6.07) is 11.9. The van der Waals surface area contributed by atoms with Gasteiger partial charge in [0.1, 0.15) is 17.7 Å². The average Bonchev–Trinajstić information content (AvgIpc) is 2.39. The molecule has 19 heavy (non-hydrogen) atoms. The third-order valence-corrected chi connectivity index (χ3v) is 3.21. The largest absolute Gasteiger partial charge is 0.483 e. The van der Waals surface area contributed by atoms with Crippen molar-refractivity contribution in [3.05, 3.63) is 64.4 Å². The topological polar surface area (TPSA) is 35.2 Å². The summed E-state index contributed by atoms with van der Waals surface area (Å²) in [4.78, 5) is 0. The lowest BCUT2D eigenvalue weighted by Gasteiger charge is -2.20. The molecule has 0 aromatic heterocycles. The van der Waals surface area contributed by atoms with Crippen molar-refractivity contribution < 1.29 is 9.13 Å². The summed E-state index contributed by atoms with van der Waals surface area (Å²) in [7, 11) is 0. The molecule has 4 heteroatoms. The second-order valence-electron chi connectivity index (χ2n) is 4.27. The van der Waals surface area contributed by atoms with Crippen molar-refractivity contribution in [2.45, 2.75) is 13.0 Å². The summed E-state index contributed by atoms with van der Waals surface area (Å²) in [6.07, 6.45) is -0.302. The van der Waals surface area contributed by atoms with Crippen LogP contribution in [-0.2, 0) is 0 Å². The van der Waals surface area contributed by atoms with E-state index in [0.29, 0.717) is 12.3 Å². The SMILES string of the molecule is Cc1ccccc1C(CN)Oc1ccc(F)cc1Cl. The van der Waals surface area contributed by atoms with E-state index in [0.717, 1.165) is 11.1 Å². The van der Waals surface area contributed by atoms with Crippen LogP contribution in [0.3, 0.4) is 0 Å². The van der Waals surface area contributed by atoms with E-state index < -0.39 is 5.82 Å². The van der Waals surface area contributed by atoms with Crippen LogP contribution in [0.5, 0.6) is 5.75 Å². The Morgan fingerprint density at radius 2 is 2.00 bits per heavy atom. The highest BCUT2D eigenvalue weighted by Gasteiger charge is 2.15. The van der Waals surface area contributed by atoms with E-state index in [1.54, 1.807) is 0 Å². The molecule has 2 aromatic carbocycles. The van der Waals surface area contributed by atoms with Crippen LogP contribution >= 0.6 is 11.6 Å². The van der Waals surface area contributed by atoms with Gasteiger partial charge in [0, 0.05) is 6.54 Å². The van der Waals surface area contributed by atoms with Crippen LogP contribution in [0.25, 0.3) is 0 Å². The van der Waals surface area contributed by atoms with Crippen LogP contribution in [-0.4, -0.2) is 6.54 Å². The number of nitrogens with two attached hydrogens (primary N) is 1. The first kappa shape index (κ1) is 13.8. The van der Waals surface area contributed by atoms with E-state index in [1.807, 2.05) is 31.2 Å². The van der Waals surface area contributed by atoms with Crippen LogP contribution in [0.2, 0.25) is 5.02 Å². The van der Waals surface area contributed by atoms with Crippen molar-refractivity contribution >= 4 is 11.6 Å². The first-order valence-corrected chi connectivity index (χ1v) is 6.37. The Bertz CT molecular complexity index is 574. The third-order valence-electron chi connectivity index (χ3n) is 2.91. The minimum atomic E-state index is -0.391. The molecular weight excluding hydrogens is 265 g/mol. The van der Waals surface area contributed by atoms with E-state index in [1.165, 1.54) is 18.2 Å². The van der Waals surface area contributed by atoms with Gasteiger partial charge >= 0.3 is 0 Å². The molecule has 0 bridgehead atoms. The van der Waals surface area contributed by atoms with Gasteiger partial charge in [-0.05, 0) is 36.2 Å². The molecule has 2 rings (SSSR count). The van der Waals surface area contributed by atoms with Gasteiger partial charge in [0.2, 0.25) is 0 Å². The molecule has 0 aliphatic carbocycles. The lowest BCUT2D eigenvalue weighted by molar-refractivity contribution is 0.213. The van der Waals surface area contributed by atoms with Crippen LogP contribution in [0, 0.1) is 12.7 Å². The smallest absolute Gasteiger partial charge is 0.139 e. The fraction of sp³-hybridized carbons (Fsp3) is 0.200. The molecule has 1 atom stereocenters. The van der Waals surface area contributed by atoms with Crippen molar-refractivity contribution in [1.82, 2.24) is 0 Å². The van der Waals surface area contributed by atoms with E-state index in [9.17, 15) is 4.39 Å². The zero-order chi connectivity index (χ0) is 13.8. The highest BCUT2D eigenvalue weighted by molar-refractivity contribution is 6.32. The Morgan fingerprint density at radius 1 is 1.26 bits per heavy atom. The Morgan fingerprint density at radius 3 is 2.63 bits per heavy atom. The van der Waals surface area contributed by atoms with Crippen molar-refractivity contribution in [3.8, 4) is 5.75 Å². The van der Waals surface area contributed by atoms with E-state index in [2.05, 4.69) is 0 Å². The van der Waals surface area contributed by atoms with E-state index in [4.69, 9.17) is 22.1 Å². The molecule has 0 saturated heterocycles. The van der Waals surface area contributed by atoms with Gasteiger partial charge in [0.15, 0.2) is 0 Å². The molecule has 1 unspecified atom stereocenters. The molecule has 0 spiro atoms. The normalized spacial score (nSPS) is 12.2. The standard InChI is InChI=1S/C15H15ClFNO/c1-10-4-2-3-5-12(10)15(9-18)19-14-7-6-11(17)8-13(14)16/h2-8,15H,9,18H2,1H3. The van der Waals surface area contributed by atoms with Gasteiger partial charge in [-0.25, -0.2) is 4.39 Å². The van der Waals surface area contributed by atoms with Crippen molar-refractivity contribution in [3.63, 3.8) is 0 Å². The maximum Gasteiger partial charge on any atom is 0.139 e. The highest BCUT2D eigenvalue weighted by atomic mass is 35.5. The summed E-state index contributed by atoms with van der Waals surface area (Å²) in [6.45, 7) is 2.31. The zero-order valence-corrected chi connectivity index (χ0v) is 11.3. The quantitative estimate of drug-likeness (QED) is 0.922. The number of hydrogen-bond acceptors (Lipinski definition) is 2. The second-order valence-corrected chi connectivity index (χ2v) is 4.68. The second kappa shape index (κ2) is 6.04. The fourth-order valence-electron chi connectivity index (χ4n) is 1.91. The van der Waals surface area contributed by atoms with Crippen LogP contribution in [0.1, 0.15) is 17.2 Å². The summed E-state index contributed by atoms with van der Waals surface area (Å²) in [5.41, 5.74) is 7.86. The molecule has 0 aliphatic rings. The Balaban J connectivity index is 2.27. The molecule has 0 aliphatic heterocycles. The van der Waals surface area contributed by atoms with Crippen molar-refractivity contribution in [1.29, 1.82) is 0 Å². The van der Waals surface area contributed by atoms with Gasteiger partial charge < -0.3 is 10.5 Å². The molecule has 0 saturated carbocycles. The lowest BCUT2D eigenvalue weighted by atomic mass is 10.0. The van der Waals surface area contributed by atoms with Crippen LogP contribution in [0.4, 0.5) is 4.39 Å². The summed E-state index contributed by atoms with van der Waals surface area (Å²) in [5, 5.41) is 0.243. The molecule has 0 radical (unpaired) electrons. The number of aryl methyl sites for hydroxylation is 1. The number of benzene rings is 2. The minimum Gasteiger partial charge on any atom is -0.483 e. The van der Waals surface area contributed by atoms with Gasteiger partial charge in [0.25, 0.3) is 0 Å². The van der Waals surface area contributed by atoms with Crippen molar-refractivity contribution in [2.24, 2.45) is 5.73 Å². The Hall–Kier alpha value is -1.58. The monoisotopic (exact) mass is 279 g/mol. The average molecular weight is 280 g/mol. The predicted octanol–water partition coefficient (Wildman–Crippen LogP) is 3.87. The number of rotatable bonds is 4.